The first-order valence-electron chi connectivity index (χ1n) is 11.0. The lowest BCUT2D eigenvalue weighted by Crippen LogP contribution is -2.09. The topological polar surface area (TPSA) is 86.0 Å². The number of carbonyl (C=O) groups excluding carboxylic acids is 1. The smallest absolute Gasteiger partial charge is 0.307 e. The molecule has 0 saturated heterocycles. The maximum atomic E-state index is 11.9. The molecule has 0 saturated carbocycles. The van der Waals surface area contributed by atoms with E-state index in [2.05, 4.69) is 21.9 Å². The molecule has 1 atom stereocenters. The molecule has 0 radical (unpaired) electrons. The van der Waals surface area contributed by atoms with E-state index in [0.29, 0.717) is 24.8 Å². The summed E-state index contributed by atoms with van der Waals surface area (Å²) in [5.41, 5.74) is 3.44. The molecule has 0 spiro atoms. The van der Waals surface area contributed by atoms with E-state index in [0.717, 1.165) is 22.3 Å². The molecular weight excluding hydrogens is 430 g/mol. The van der Waals surface area contributed by atoms with Crippen LogP contribution < -0.4 is 4.74 Å². The van der Waals surface area contributed by atoms with Crippen LogP contribution in [0.25, 0.3) is 17.0 Å². The van der Waals surface area contributed by atoms with E-state index in [9.17, 15) is 9.90 Å². The van der Waals surface area contributed by atoms with Crippen LogP contribution in [0, 0.1) is 11.8 Å². The fourth-order valence-electron chi connectivity index (χ4n) is 3.52. The zero-order chi connectivity index (χ0) is 23.9. The molecule has 0 aliphatic heterocycles. The number of fused-ring (bicyclic) bond motifs is 1. The van der Waals surface area contributed by atoms with Crippen LogP contribution in [-0.4, -0.2) is 32.3 Å². The van der Waals surface area contributed by atoms with Crippen LogP contribution in [0.2, 0.25) is 0 Å². The first-order valence-corrected chi connectivity index (χ1v) is 11.0. The van der Waals surface area contributed by atoms with E-state index in [4.69, 9.17) is 9.47 Å². The highest BCUT2D eigenvalue weighted by atomic mass is 16.5. The summed E-state index contributed by atoms with van der Waals surface area (Å²) in [4.78, 5) is 16.4. The van der Waals surface area contributed by atoms with Crippen molar-refractivity contribution in [3.8, 4) is 34.7 Å². The molecular formula is C27H25N3O4. The van der Waals surface area contributed by atoms with Gasteiger partial charge in [-0.25, -0.2) is 9.50 Å². The number of pyridine rings is 1. The predicted molar refractivity (Wildman–Crippen MR) is 128 cm³/mol. The second-order valence-corrected chi connectivity index (χ2v) is 7.64. The van der Waals surface area contributed by atoms with Crippen molar-refractivity contribution in [2.45, 2.75) is 32.8 Å². The lowest BCUT2D eigenvalue weighted by Gasteiger charge is -2.12. The molecule has 2 aromatic heterocycles. The molecule has 7 heteroatoms. The van der Waals surface area contributed by atoms with Crippen molar-refractivity contribution in [2.75, 3.05) is 6.61 Å². The van der Waals surface area contributed by atoms with Crippen LogP contribution in [0.3, 0.4) is 0 Å². The Morgan fingerprint density at radius 2 is 1.85 bits per heavy atom. The van der Waals surface area contributed by atoms with Gasteiger partial charge in [-0.1, -0.05) is 24.1 Å². The normalized spacial score (nSPS) is 11.5. The van der Waals surface area contributed by atoms with Gasteiger partial charge in [0.15, 0.2) is 11.5 Å². The van der Waals surface area contributed by atoms with E-state index in [1.54, 1.807) is 42.6 Å². The van der Waals surface area contributed by atoms with Gasteiger partial charge in [0.2, 0.25) is 0 Å². The number of phenolic OH excluding ortho intramolecular Hbond substituents is 1. The Bertz CT molecular complexity index is 1330. The summed E-state index contributed by atoms with van der Waals surface area (Å²) in [6.45, 7) is 4.27. The van der Waals surface area contributed by atoms with Gasteiger partial charge in [0.1, 0.15) is 18.1 Å². The molecule has 0 amide bonds. The molecule has 34 heavy (non-hydrogen) atoms. The Morgan fingerprint density at radius 1 is 1.09 bits per heavy atom. The summed E-state index contributed by atoms with van der Waals surface area (Å²) in [5, 5.41) is 14.0. The van der Waals surface area contributed by atoms with Crippen molar-refractivity contribution < 1.29 is 19.4 Å². The standard InChI is InChI=1S/C27H25N3O4/c1-3-5-22(16-26(32)33-4-2)20-9-13-24(14-10-20)34-18-19-6-15-25-28-27(29-30(25)17-19)21-7-11-23(31)12-8-21/h6-15,17,22,31H,4,16,18H2,1-2H3. The average Bonchev–Trinajstić information content (AvgIpc) is 3.27. The number of aromatic hydroxyl groups is 1. The zero-order valence-electron chi connectivity index (χ0n) is 19.1. The molecule has 4 aromatic rings. The number of hydrogen-bond donors (Lipinski definition) is 1. The second-order valence-electron chi connectivity index (χ2n) is 7.64. The summed E-state index contributed by atoms with van der Waals surface area (Å²) in [7, 11) is 0. The maximum absolute atomic E-state index is 11.9. The highest BCUT2D eigenvalue weighted by Crippen LogP contribution is 2.24. The van der Waals surface area contributed by atoms with E-state index in [-0.39, 0.29) is 24.1 Å². The van der Waals surface area contributed by atoms with Crippen LogP contribution in [0.5, 0.6) is 11.5 Å². The molecule has 4 rings (SSSR count). The van der Waals surface area contributed by atoms with Gasteiger partial charge in [0, 0.05) is 17.3 Å². The number of rotatable bonds is 8. The molecule has 0 aliphatic rings. The summed E-state index contributed by atoms with van der Waals surface area (Å²) in [6, 6.07) is 18.2. The predicted octanol–water partition coefficient (Wildman–Crippen LogP) is 4.74. The maximum Gasteiger partial charge on any atom is 0.307 e. The van der Waals surface area contributed by atoms with Crippen molar-refractivity contribution in [2.24, 2.45) is 0 Å². The van der Waals surface area contributed by atoms with Gasteiger partial charge in [-0.3, -0.25) is 4.79 Å². The fourth-order valence-corrected chi connectivity index (χ4v) is 3.52. The van der Waals surface area contributed by atoms with Gasteiger partial charge in [-0.05, 0) is 61.9 Å². The van der Waals surface area contributed by atoms with Crippen LogP contribution in [-0.2, 0) is 16.1 Å². The zero-order valence-corrected chi connectivity index (χ0v) is 19.1. The van der Waals surface area contributed by atoms with Gasteiger partial charge < -0.3 is 14.6 Å². The van der Waals surface area contributed by atoms with Crippen molar-refractivity contribution in [3.63, 3.8) is 0 Å². The number of phenols is 1. The summed E-state index contributed by atoms with van der Waals surface area (Å²) in [5.74, 6) is 7.00. The van der Waals surface area contributed by atoms with Crippen molar-refractivity contribution in [3.05, 3.63) is 78.0 Å². The average molecular weight is 456 g/mol. The van der Waals surface area contributed by atoms with E-state index in [1.165, 1.54) is 0 Å². The Kier molecular flexibility index (Phi) is 7.09. The minimum atomic E-state index is -0.257. The summed E-state index contributed by atoms with van der Waals surface area (Å²) in [6.07, 6.45) is 2.10. The fraction of sp³-hybridized carbons (Fsp3) is 0.222. The number of carbonyl (C=O) groups is 1. The van der Waals surface area contributed by atoms with Crippen molar-refractivity contribution >= 4 is 11.6 Å². The number of hydrogen-bond acceptors (Lipinski definition) is 6. The van der Waals surface area contributed by atoms with Crippen LogP contribution in [0.15, 0.2) is 66.9 Å². The largest absolute Gasteiger partial charge is 0.508 e. The molecule has 0 bridgehead atoms. The lowest BCUT2D eigenvalue weighted by molar-refractivity contribution is -0.143. The molecule has 2 aromatic carbocycles. The second kappa shape index (κ2) is 10.5. The SMILES string of the molecule is CC#CC(CC(=O)OCC)c1ccc(OCc2ccc3nc(-c4ccc(O)cc4)nn3c2)cc1. The molecule has 0 fully saturated rings. The lowest BCUT2D eigenvalue weighted by atomic mass is 9.96. The Labute approximate surface area is 198 Å². The van der Waals surface area contributed by atoms with Crippen molar-refractivity contribution in [1.29, 1.82) is 0 Å². The van der Waals surface area contributed by atoms with Crippen LogP contribution in [0.1, 0.15) is 37.3 Å². The Balaban J connectivity index is 1.42. The molecule has 7 nitrogen and oxygen atoms in total. The van der Waals surface area contributed by atoms with Gasteiger partial charge in [-0.2, -0.15) is 0 Å². The van der Waals surface area contributed by atoms with E-state index in [1.807, 2.05) is 42.6 Å². The van der Waals surface area contributed by atoms with E-state index < -0.39 is 0 Å². The third-order valence-electron chi connectivity index (χ3n) is 5.20. The summed E-state index contributed by atoms with van der Waals surface area (Å²) < 4.78 is 12.7. The number of nitrogens with zero attached hydrogens (tertiary/aromatic N) is 3. The Morgan fingerprint density at radius 3 is 2.56 bits per heavy atom. The van der Waals surface area contributed by atoms with Crippen LogP contribution in [0.4, 0.5) is 0 Å². The first kappa shape index (κ1) is 22.9. The van der Waals surface area contributed by atoms with Gasteiger partial charge in [0.25, 0.3) is 0 Å². The van der Waals surface area contributed by atoms with Gasteiger partial charge in [-0.15, -0.1) is 11.0 Å². The van der Waals surface area contributed by atoms with Gasteiger partial charge in [0.05, 0.1) is 18.9 Å². The number of benzene rings is 2. The molecule has 2 heterocycles. The third kappa shape index (κ3) is 5.54. The highest BCUT2D eigenvalue weighted by Gasteiger charge is 2.15. The number of esters is 1. The number of aromatic nitrogens is 3. The molecule has 172 valence electrons. The molecule has 1 unspecified atom stereocenters. The van der Waals surface area contributed by atoms with Crippen LogP contribution >= 0.6 is 0 Å². The highest BCUT2D eigenvalue weighted by molar-refractivity contribution is 5.71. The monoisotopic (exact) mass is 455 g/mol. The summed E-state index contributed by atoms with van der Waals surface area (Å²) >= 11 is 0. The minimum absolute atomic E-state index is 0.202. The Hall–Kier alpha value is -4.31. The first-order chi connectivity index (χ1) is 16.6. The van der Waals surface area contributed by atoms with Crippen molar-refractivity contribution in [1.82, 2.24) is 14.6 Å². The third-order valence-corrected chi connectivity index (χ3v) is 5.20. The minimum Gasteiger partial charge on any atom is -0.508 e. The number of ether oxygens (including phenoxy) is 2. The molecule has 0 aliphatic carbocycles. The van der Waals surface area contributed by atoms with E-state index >= 15 is 0 Å². The quantitative estimate of drug-likeness (QED) is 0.305. The molecule has 1 N–H and O–H groups in total. The van der Waals surface area contributed by atoms with Gasteiger partial charge >= 0.3 is 5.97 Å².